The number of likely N-dealkylation sites (tertiary alicyclic amines) is 1. The summed E-state index contributed by atoms with van der Waals surface area (Å²) in [6, 6.07) is 0. The molecular formula is C12H22N2O2. The maximum Gasteiger partial charge on any atom is 0.235 e. The lowest BCUT2D eigenvalue weighted by atomic mass is 9.86. The third-order valence-electron chi connectivity index (χ3n) is 3.47. The van der Waals surface area contributed by atoms with E-state index in [2.05, 4.69) is 0 Å². The molecule has 2 amide bonds. The molecular weight excluding hydrogens is 204 g/mol. The lowest BCUT2D eigenvalue weighted by molar-refractivity contribution is -0.141. The molecule has 4 heteroatoms. The van der Waals surface area contributed by atoms with Gasteiger partial charge in [-0.15, -0.1) is 0 Å². The summed E-state index contributed by atoms with van der Waals surface area (Å²) in [5.74, 6) is -0.00477. The van der Waals surface area contributed by atoms with Gasteiger partial charge in [-0.05, 0) is 25.8 Å². The summed E-state index contributed by atoms with van der Waals surface area (Å²) in [5, 5.41) is 0. The first kappa shape index (κ1) is 13.2. The molecule has 0 spiro atoms. The van der Waals surface area contributed by atoms with Crippen molar-refractivity contribution >= 4 is 11.8 Å². The van der Waals surface area contributed by atoms with E-state index in [-0.39, 0.29) is 11.8 Å². The van der Waals surface area contributed by atoms with Gasteiger partial charge in [-0.2, -0.15) is 0 Å². The zero-order chi connectivity index (χ0) is 12.2. The molecule has 1 atom stereocenters. The van der Waals surface area contributed by atoms with Crippen LogP contribution in [0.15, 0.2) is 0 Å². The van der Waals surface area contributed by atoms with E-state index in [1.807, 2.05) is 13.8 Å². The topological polar surface area (TPSA) is 63.4 Å². The summed E-state index contributed by atoms with van der Waals surface area (Å²) in [4.78, 5) is 25.1. The van der Waals surface area contributed by atoms with Crippen molar-refractivity contribution in [1.29, 1.82) is 0 Å². The monoisotopic (exact) mass is 226 g/mol. The Hall–Kier alpha value is -0.900. The molecule has 1 rings (SSSR count). The Morgan fingerprint density at radius 2 is 2.00 bits per heavy atom. The van der Waals surface area contributed by atoms with Crippen LogP contribution in [0, 0.1) is 5.41 Å². The Balaban J connectivity index is 2.48. The van der Waals surface area contributed by atoms with Gasteiger partial charge in [0.15, 0.2) is 0 Å². The minimum Gasteiger partial charge on any atom is -0.330 e. The summed E-state index contributed by atoms with van der Waals surface area (Å²) < 4.78 is 0. The molecule has 0 radical (unpaired) electrons. The largest absolute Gasteiger partial charge is 0.330 e. The fraction of sp³-hybridized carbons (Fsp3) is 0.833. The SMILES string of the molecule is CCC1(C)CC(=O)N(CCCCCN)C1=O. The standard InChI is InChI=1S/C12H22N2O2/c1-3-12(2)9-10(15)14(11(12)16)8-6-4-5-7-13/h3-9,13H2,1-2H3. The average molecular weight is 226 g/mol. The van der Waals surface area contributed by atoms with Crippen molar-refractivity contribution in [2.75, 3.05) is 13.1 Å². The van der Waals surface area contributed by atoms with Crippen LogP contribution in [0.5, 0.6) is 0 Å². The van der Waals surface area contributed by atoms with Crippen molar-refractivity contribution in [1.82, 2.24) is 4.90 Å². The lowest BCUT2D eigenvalue weighted by Gasteiger charge is -2.20. The van der Waals surface area contributed by atoms with Crippen molar-refractivity contribution in [3.05, 3.63) is 0 Å². The molecule has 0 aromatic heterocycles. The van der Waals surface area contributed by atoms with E-state index in [0.717, 1.165) is 25.7 Å². The molecule has 92 valence electrons. The molecule has 1 unspecified atom stereocenters. The second kappa shape index (κ2) is 5.43. The van der Waals surface area contributed by atoms with Crippen LogP contribution >= 0.6 is 0 Å². The minimum absolute atomic E-state index is 0.00717. The van der Waals surface area contributed by atoms with Gasteiger partial charge in [0.1, 0.15) is 0 Å². The zero-order valence-electron chi connectivity index (χ0n) is 10.3. The molecule has 0 aromatic rings. The fourth-order valence-electron chi connectivity index (χ4n) is 2.04. The highest BCUT2D eigenvalue weighted by Gasteiger charge is 2.46. The second-order valence-electron chi connectivity index (χ2n) is 4.79. The second-order valence-corrected chi connectivity index (χ2v) is 4.79. The average Bonchev–Trinajstić information content (AvgIpc) is 2.48. The highest BCUT2D eigenvalue weighted by Crippen LogP contribution is 2.35. The molecule has 0 aliphatic carbocycles. The van der Waals surface area contributed by atoms with Crippen LogP contribution in [0.2, 0.25) is 0 Å². The molecule has 1 heterocycles. The van der Waals surface area contributed by atoms with Gasteiger partial charge in [0, 0.05) is 13.0 Å². The van der Waals surface area contributed by atoms with Gasteiger partial charge < -0.3 is 5.73 Å². The summed E-state index contributed by atoms with van der Waals surface area (Å²) in [6.45, 7) is 5.08. The number of carbonyl (C=O) groups is 2. The van der Waals surface area contributed by atoms with Crippen molar-refractivity contribution < 1.29 is 9.59 Å². The summed E-state index contributed by atoms with van der Waals surface area (Å²) in [5.41, 5.74) is 4.94. The van der Waals surface area contributed by atoms with E-state index < -0.39 is 5.41 Å². The van der Waals surface area contributed by atoms with Crippen molar-refractivity contribution in [2.24, 2.45) is 11.1 Å². The van der Waals surface area contributed by atoms with Gasteiger partial charge in [-0.3, -0.25) is 14.5 Å². The van der Waals surface area contributed by atoms with Gasteiger partial charge in [0.05, 0.1) is 5.41 Å². The van der Waals surface area contributed by atoms with Gasteiger partial charge in [-0.1, -0.05) is 20.3 Å². The normalized spacial score (nSPS) is 25.6. The van der Waals surface area contributed by atoms with E-state index in [9.17, 15) is 9.59 Å². The first-order valence-electron chi connectivity index (χ1n) is 6.10. The molecule has 0 aromatic carbocycles. The van der Waals surface area contributed by atoms with E-state index >= 15 is 0 Å². The van der Waals surface area contributed by atoms with Crippen LogP contribution in [0.1, 0.15) is 46.0 Å². The Labute approximate surface area is 97.2 Å². The number of nitrogens with zero attached hydrogens (tertiary/aromatic N) is 1. The lowest BCUT2D eigenvalue weighted by Crippen LogP contribution is -2.34. The number of nitrogens with two attached hydrogens (primary N) is 1. The van der Waals surface area contributed by atoms with Crippen molar-refractivity contribution in [3.63, 3.8) is 0 Å². The van der Waals surface area contributed by atoms with Crippen LogP contribution < -0.4 is 5.73 Å². The number of amides is 2. The van der Waals surface area contributed by atoms with Crippen LogP contribution in [0.4, 0.5) is 0 Å². The van der Waals surface area contributed by atoms with Crippen LogP contribution in [0.25, 0.3) is 0 Å². The maximum atomic E-state index is 12.0. The molecule has 1 aliphatic heterocycles. The number of rotatable bonds is 6. The molecule has 16 heavy (non-hydrogen) atoms. The quantitative estimate of drug-likeness (QED) is 0.548. The van der Waals surface area contributed by atoms with Crippen LogP contribution in [-0.4, -0.2) is 29.8 Å². The van der Waals surface area contributed by atoms with Crippen LogP contribution in [-0.2, 0) is 9.59 Å². The molecule has 1 aliphatic rings. The Bertz CT molecular complexity index is 278. The number of hydrogen-bond acceptors (Lipinski definition) is 3. The number of carbonyl (C=O) groups excluding carboxylic acids is 2. The molecule has 2 N–H and O–H groups in total. The molecule has 1 fully saturated rings. The first-order valence-corrected chi connectivity index (χ1v) is 6.10. The van der Waals surface area contributed by atoms with E-state index in [0.29, 0.717) is 19.5 Å². The third kappa shape index (κ3) is 2.61. The minimum atomic E-state index is -0.453. The molecule has 1 saturated heterocycles. The predicted molar refractivity (Wildman–Crippen MR) is 62.6 cm³/mol. The number of imide groups is 1. The number of hydrogen-bond donors (Lipinski definition) is 1. The zero-order valence-corrected chi connectivity index (χ0v) is 10.3. The summed E-state index contributed by atoms with van der Waals surface area (Å²) in [7, 11) is 0. The Kier molecular flexibility index (Phi) is 4.47. The van der Waals surface area contributed by atoms with Gasteiger partial charge in [-0.25, -0.2) is 0 Å². The fourth-order valence-corrected chi connectivity index (χ4v) is 2.04. The van der Waals surface area contributed by atoms with Gasteiger partial charge in [0.25, 0.3) is 0 Å². The van der Waals surface area contributed by atoms with Crippen molar-refractivity contribution in [3.8, 4) is 0 Å². The highest BCUT2D eigenvalue weighted by atomic mass is 16.2. The third-order valence-corrected chi connectivity index (χ3v) is 3.47. The Morgan fingerprint density at radius 1 is 1.31 bits per heavy atom. The smallest absolute Gasteiger partial charge is 0.235 e. The maximum absolute atomic E-state index is 12.0. The molecule has 4 nitrogen and oxygen atoms in total. The summed E-state index contributed by atoms with van der Waals surface area (Å²) >= 11 is 0. The van der Waals surface area contributed by atoms with E-state index in [1.165, 1.54) is 4.90 Å². The summed E-state index contributed by atoms with van der Waals surface area (Å²) in [6.07, 6.45) is 3.92. The van der Waals surface area contributed by atoms with E-state index in [1.54, 1.807) is 0 Å². The van der Waals surface area contributed by atoms with Crippen molar-refractivity contribution in [2.45, 2.75) is 46.0 Å². The first-order chi connectivity index (χ1) is 7.55. The Morgan fingerprint density at radius 3 is 2.50 bits per heavy atom. The molecule has 0 saturated carbocycles. The highest BCUT2D eigenvalue weighted by molar-refractivity contribution is 6.05. The van der Waals surface area contributed by atoms with Crippen LogP contribution in [0.3, 0.4) is 0 Å². The van der Waals surface area contributed by atoms with E-state index in [4.69, 9.17) is 5.73 Å². The predicted octanol–water partition coefficient (Wildman–Crippen LogP) is 1.29. The molecule has 0 bridgehead atoms. The van der Waals surface area contributed by atoms with Gasteiger partial charge >= 0.3 is 0 Å². The number of unbranched alkanes of at least 4 members (excludes halogenated alkanes) is 2. The van der Waals surface area contributed by atoms with Gasteiger partial charge in [0.2, 0.25) is 11.8 Å².